The van der Waals surface area contributed by atoms with E-state index in [2.05, 4.69) is 29.7 Å². The van der Waals surface area contributed by atoms with Gasteiger partial charge in [-0.05, 0) is 42.9 Å². The zero-order chi connectivity index (χ0) is 14.2. The summed E-state index contributed by atoms with van der Waals surface area (Å²) in [5.41, 5.74) is 2.33. The average Bonchev–Trinajstić information content (AvgIpc) is 2.52. The van der Waals surface area contributed by atoms with Gasteiger partial charge in [0.15, 0.2) is 0 Å². The van der Waals surface area contributed by atoms with Gasteiger partial charge < -0.3 is 10.6 Å². The molecular weight excluding hydrogens is 248 g/mol. The summed E-state index contributed by atoms with van der Waals surface area (Å²) in [5.74, 6) is 0.784. The van der Waals surface area contributed by atoms with Gasteiger partial charge >= 0.3 is 0 Å². The Morgan fingerprint density at radius 1 is 1.15 bits per heavy atom. The second kappa shape index (κ2) is 7.93. The standard InChI is InChI=1S/C17H26N2O/c1-2-14-8-10-16(11-9-14)18-13-17(20)19-12-15-6-4-3-5-7-15/h8-11,15,18H,2-7,12-13H2,1H3,(H,19,20). The zero-order valence-corrected chi connectivity index (χ0v) is 12.5. The van der Waals surface area contributed by atoms with Gasteiger partial charge in [-0.1, -0.05) is 38.3 Å². The quantitative estimate of drug-likeness (QED) is 0.835. The summed E-state index contributed by atoms with van der Waals surface area (Å²) in [5, 5.41) is 6.22. The second-order valence-electron chi connectivity index (χ2n) is 5.71. The fourth-order valence-corrected chi connectivity index (χ4v) is 2.75. The number of hydrogen-bond acceptors (Lipinski definition) is 2. The van der Waals surface area contributed by atoms with Crippen LogP contribution in [0.25, 0.3) is 0 Å². The summed E-state index contributed by atoms with van der Waals surface area (Å²) < 4.78 is 0. The summed E-state index contributed by atoms with van der Waals surface area (Å²) in [6, 6.07) is 8.27. The maximum absolute atomic E-state index is 11.8. The van der Waals surface area contributed by atoms with Crippen molar-refractivity contribution in [3.8, 4) is 0 Å². The van der Waals surface area contributed by atoms with Crippen molar-refractivity contribution < 1.29 is 4.79 Å². The van der Waals surface area contributed by atoms with Crippen molar-refractivity contribution in [3.63, 3.8) is 0 Å². The maximum atomic E-state index is 11.8. The highest BCUT2D eigenvalue weighted by Crippen LogP contribution is 2.22. The van der Waals surface area contributed by atoms with Crippen molar-refractivity contribution in [2.75, 3.05) is 18.4 Å². The third-order valence-corrected chi connectivity index (χ3v) is 4.13. The van der Waals surface area contributed by atoms with Crippen molar-refractivity contribution >= 4 is 11.6 Å². The molecule has 0 heterocycles. The molecular formula is C17H26N2O. The monoisotopic (exact) mass is 274 g/mol. The van der Waals surface area contributed by atoms with E-state index >= 15 is 0 Å². The largest absolute Gasteiger partial charge is 0.376 e. The van der Waals surface area contributed by atoms with E-state index in [4.69, 9.17) is 0 Å². The van der Waals surface area contributed by atoms with E-state index in [0.717, 1.165) is 18.7 Å². The topological polar surface area (TPSA) is 41.1 Å². The van der Waals surface area contributed by atoms with Crippen LogP contribution in [0.1, 0.15) is 44.6 Å². The van der Waals surface area contributed by atoms with Gasteiger partial charge in [0.25, 0.3) is 0 Å². The van der Waals surface area contributed by atoms with Crippen LogP contribution < -0.4 is 10.6 Å². The molecule has 0 atom stereocenters. The molecule has 3 nitrogen and oxygen atoms in total. The Balaban J connectivity index is 1.66. The van der Waals surface area contributed by atoms with Gasteiger partial charge in [-0.25, -0.2) is 0 Å². The molecule has 1 aliphatic rings. The molecule has 0 spiro atoms. The van der Waals surface area contributed by atoms with Gasteiger partial charge in [0.05, 0.1) is 6.54 Å². The molecule has 3 heteroatoms. The Morgan fingerprint density at radius 2 is 1.85 bits per heavy atom. The third-order valence-electron chi connectivity index (χ3n) is 4.13. The lowest BCUT2D eigenvalue weighted by molar-refractivity contribution is -0.119. The number of hydrogen-bond donors (Lipinski definition) is 2. The van der Waals surface area contributed by atoms with Crippen LogP contribution in [0, 0.1) is 5.92 Å². The third kappa shape index (κ3) is 4.87. The van der Waals surface area contributed by atoms with E-state index in [-0.39, 0.29) is 5.91 Å². The Morgan fingerprint density at radius 3 is 2.50 bits per heavy atom. The van der Waals surface area contributed by atoms with E-state index in [1.807, 2.05) is 12.1 Å². The van der Waals surface area contributed by atoms with Gasteiger partial charge in [-0.15, -0.1) is 0 Å². The first-order valence-electron chi connectivity index (χ1n) is 7.87. The lowest BCUT2D eigenvalue weighted by Crippen LogP contribution is -2.34. The van der Waals surface area contributed by atoms with Gasteiger partial charge in [0.2, 0.25) is 5.91 Å². The molecule has 0 saturated heterocycles. The van der Waals surface area contributed by atoms with Crippen LogP contribution in [0.5, 0.6) is 0 Å². The van der Waals surface area contributed by atoms with E-state index in [0.29, 0.717) is 12.5 Å². The summed E-state index contributed by atoms with van der Waals surface area (Å²) in [6.45, 7) is 3.34. The molecule has 1 aromatic rings. The van der Waals surface area contributed by atoms with Crippen molar-refractivity contribution in [2.24, 2.45) is 5.92 Å². The minimum absolute atomic E-state index is 0.0927. The summed E-state index contributed by atoms with van der Waals surface area (Å²) in [6.07, 6.45) is 7.59. The maximum Gasteiger partial charge on any atom is 0.239 e. The number of aryl methyl sites for hydroxylation is 1. The van der Waals surface area contributed by atoms with Crippen LogP contribution in [-0.4, -0.2) is 19.0 Å². The first kappa shape index (κ1) is 14.9. The molecule has 0 bridgehead atoms. The predicted molar refractivity (Wildman–Crippen MR) is 83.9 cm³/mol. The normalized spacial score (nSPS) is 15.8. The summed E-state index contributed by atoms with van der Waals surface area (Å²) >= 11 is 0. The molecule has 1 amide bonds. The van der Waals surface area contributed by atoms with E-state index < -0.39 is 0 Å². The van der Waals surface area contributed by atoms with Crippen LogP contribution >= 0.6 is 0 Å². The molecule has 2 N–H and O–H groups in total. The fraction of sp³-hybridized carbons (Fsp3) is 0.588. The zero-order valence-electron chi connectivity index (χ0n) is 12.5. The number of nitrogens with one attached hydrogen (secondary N) is 2. The van der Waals surface area contributed by atoms with Crippen LogP contribution in [0.15, 0.2) is 24.3 Å². The van der Waals surface area contributed by atoms with E-state index in [9.17, 15) is 4.79 Å². The number of rotatable bonds is 6. The molecule has 1 saturated carbocycles. The fourth-order valence-electron chi connectivity index (χ4n) is 2.75. The highest BCUT2D eigenvalue weighted by atomic mass is 16.1. The van der Waals surface area contributed by atoms with Gasteiger partial charge in [0, 0.05) is 12.2 Å². The first-order valence-corrected chi connectivity index (χ1v) is 7.87. The number of carbonyl (C=O) groups excluding carboxylic acids is 1. The highest BCUT2D eigenvalue weighted by molar-refractivity contribution is 5.80. The summed E-state index contributed by atoms with van der Waals surface area (Å²) in [7, 11) is 0. The first-order chi connectivity index (χ1) is 9.78. The number of benzene rings is 1. The van der Waals surface area contributed by atoms with Gasteiger partial charge in [-0.3, -0.25) is 4.79 Å². The molecule has 1 aromatic carbocycles. The number of amides is 1. The van der Waals surface area contributed by atoms with Crippen molar-refractivity contribution in [3.05, 3.63) is 29.8 Å². The Labute approximate surface area is 122 Å². The molecule has 0 aliphatic heterocycles. The molecule has 0 radical (unpaired) electrons. The van der Waals surface area contributed by atoms with Crippen LogP contribution in [-0.2, 0) is 11.2 Å². The molecule has 1 aliphatic carbocycles. The molecule has 0 aromatic heterocycles. The van der Waals surface area contributed by atoms with Crippen molar-refractivity contribution in [1.29, 1.82) is 0 Å². The lowest BCUT2D eigenvalue weighted by Gasteiger charge is -2.21. The van der Waals surface area contributed by atoms with Crippen LogP contribution in [0.3, 0.4) is 0 Å². The minimum Gasteiger partial charge on any atom is -0.376 e. The molecule has 2 rings (SSSR count). The molecule has 110 valence electrons. The lowest BCUT2D eigenvalue weighted by atomic mass is 9.89. The molecule has 0 unspecified atom stereocenters. The average molecular weight is 274 g/mol. The Bertz CT molecular complexity index is 408. The van der Waals surface area contributed by atoms with Crippen molar-refractivity contribution in [2.45, 2.75) is 45.4 Å². The smallest absolute Gasteiger partial charge is 0.239 e. The molecule has 20 heavy (non-hydrogen) atoms. The highest BCUT2D eigenvalue weighted by Gasteiger charge is 2.13. The Kier molecular flexibility index (Phi) is 5.90. The van der Waals surface area contributed by atoms with Crippen molar-refractivity contribution in [1.82, 2.24) is 5.32 Å². The predicted octanol–water partition coefficient (Wildman–Crippen LogP) is 3.36. The number of anilines is 1. The van der Waals surface area contributed by atoms with Gasteiger partial charge in [-0.2, -0.15) is 0 Å². The Hall–Kier alpha value is -1.51. The molecule has 1 fully saturated rings. The minimum atomic E-state index is 0.0927. The second-order valence-corrected chi connectivity index (χ2v) is 5.71. The number of carbonyl (C=O) groups is 1. The van der Waals surface area contributed by atoms with E-state index in [1.165, 1.54) is 37.7 Å². The SMILES string of the molecule is CCc1ccc(NCC(=O)NCC2CCCCC2)cc1. The summed E-state index contributed by atoms with van der Waals surface area (Å²) in [4.78, 5) is 11.8. The van der Waals surface area contributed by atoms with Crippen LogP contribution in [0.4, 0.5) is 5.69 Å². The van der Waals surface area contributed by atoms with Crippen LogP contribution in [0.2, 0.25) is 0 Å². The van der Waals surface area contributed by atoms with Gasteiger partial charge in [0.1, 0.15) is 0 Å². The van der Waals surface area contributed by atoms with E-state index in [1.54, 1.807) is 0 Å².